The molecular weight excluding hydrogens is 304 g/mol. The molecule has 6 heteroatoms. The summed E-state index contributed by atoms with van der Waals surface area (Å²) >= 11 is 0. The predicted molar refractivity (Wildman–Crippen MR) is 89.1 cm³/mol. The molecule has 0 unspecified atom stereocenters. The number of H-pyrrole nitrogens is 1. The average molecular weight is 322 g/mol. The van der Waals surface area contributed by atoms with Gasteiger partial charge in [0.15, 0.2) is 17.1 Å². The van der Waals surface area contributed by atoms with E-state index >= 15 is 0 Å². The maximum Gasteiger partial charge on any atom is 0.231 e. The van der Waals surface area contributed by atoms with E-state index in [1.165, 1.54) is 5.56 Å². The normalized spacial score (nSPS) is 20.1. The number of aromatic amines is 1. The van der Waals surface area contributed by atoms with Gasteiger partial charge >= 0.3 is 0 Å². The summed E-state index contributed by atoms with van der Waals surface area (Å²) in [5.74, 6) is 3.18. The fourth-order valence-corrected chi connectivity index (χ4v) is 3.55. The maximum absolute atomic E-state index is 5.47. The van der Waals surface area contributed by atoms with Crippen molar-refractivity contribution < 1.29 is 9.47 Å². The van der Waals surface area contributed by atoms with Crippen molar-refractivity contribution in [2.24, 2.45) is 0 Å². The topological polar surface area (TPSA) is 63.3 Å². The number of pyridine rings is 1. The van der Waals surface area contributed by atoms with Gasteiger partial charge in [-0.15, -0.1) is 0 Å². The van der Waals surface area contributed by atoms with Crippen molar-refractivity contribution in [3.8, 4) is 11.5 Å². The second-order valence-electron chi connectivity index (χ2n) is 6.40. The van der Waals surface area contributed by atoms with Gasteiger partial charge in [0, 0.05) is 25.2 Å². The van der Waals surface area contributed by atoms with Crippen LogP contribution >= 0.6 is 0 Å². The molecule has 0 radical (unpaired) electrons. The lowest BCUT2D eigenvalue weighted by molar-refractivity contribution is 0.174. The van der Waals surface area contributed by atoms with Gasteiger partial charge in [-0.25, -0.2) is 9.97 Å². The first-order chi connectivity index (χ1) is 11.8. The molecule has 3 aromatic rings. The van der Waals surface area contributed by atoms with E-state index in [1.54, 1.807) is 6.20 Å². The number of likely N-dealkylation sites (tertiary alicyclic amines) is 1. The van der Waals surface area contributed by atoms with Crippen LogP contribution in [-0.4, -0.2) is 39.7 Å². The molecule has 0 saturated carbocycles. The summed E-state index contributed by atoms with van der Waals surface area (Å²) in [5, 5.41) is 0. The summed E-state index contributed by atoms with van der Waals surface area (Å²) in [7, 11) is 0. The minimum absolute atomic E-state index is 0.324. The quantitative estimate of drug-likeness (QED) is 0.803. The van der Waals surface area contributed by atoms with Gasteiger partial charge in [-0.1, -0.05) is 6.07 Å². The van der Waals surface area contributed by atoms with E-state index in [-0.39, 0.29) is 0 Å². The smallest absolute Gasteiger partial charge is 0.231 e. The molecule has 0 spiro atoms. The Bertz CT molecular complexity index is 859. The van der Waals surface area contributed by atoms with E-state index in [1.807, 2.05) is 18.2 Å². The fraction of sp³-hybridized carbons (Fsp3) is 0.333. The third-order valence-electron chi connectivity index (χ3n) is 4.78. The second-order valence-corrected chi connectivity index (χ2v) is 6.40. The van der Waals surface area contributed by atoms with E-state index in [2.05, 4.69) is 32.0 Å². The highest BCUT2D eigenvalue weighted by molar-refractivity contribution is 5.70. The first-order valence-electron chi connectivity index (χ1n) is 8.27. The molecule has 1 fully saturated rings. The lowest BCUT2D eigenvalue weighted by Crippen LogP contribution is -2.19. The second kappa shape index (κ2) is 5.49. The van der Waals surface area contributed by atoms with Crippen LogP contribution in [0.3, 0.4) is 0 Å². The number of rotatable bonds is 3. The molecular formula is C18H18N4O2. The molecule has 5 rings (SSSR count). The number of hydrogen-bond donors (Lipinski definition) is 1. The van der Waals surface area contributed by atoms with Crippen LogP contribution in [0.1, 0.15) is 23.7 Å². The van der Waals surface area contributed by atoms with E-state index in [4.69, 9.17) is 9.47 Å². The Labute approximate surface area is 139 Å². The van der Waals surface area contributed by atoms with Crippen molar-refractivity contribution in [2.45, 2.75) is 18.9 Å². The molecule has 2 aromatic heterocycles. The number of hydrogen-bond acceptors (Lipinski definition) is 5. The van der Waals surface area contributed by atoms with Gasteiger partial charge in [0.05, 0.1) is 5.52 Å². The zero-order valence-electron chi connectivity index (χ0n) is 13.2. The lowest BCUT2D eigenvalue weighted by Gasteiger charge is -2.15. The number of benzene rings is 1. The summed E-state index contributed by atoms with van der Waals surface area (Å²) in [6.07, 6.45) is 2.90. The van der Waals surface area contributed by atoms with Crippen molar-refractivity contribution in [3.63, 3.8) is 0 Å². The number of ether oxygens (including phenoxy) is 2. The molecule has 24 heavy (non-hydrogen) atoms. The van der Waals surface area contributed by atoms with Gasteiger partial charge in [-0.2, -0.15) is 0 Å². The van der Waals surface area contributed by atoms with Crippen LogP contribution in [0.2, 0.25) is 0 Å². The minimum Gasteiger partial charge on any atom is -0.454 e. The maximum atomic E-state index is 5.47. The first-order valence-corrected chi connectivity index (χ1v) is 8.27. The van der Waals surface area contributed by atoms with Crippen molar-refractivity contribution in [1.29, 1.82) is 0 Å². The zero-order valence-corrected chi connectivity index (χ0v) is 13.2. The Kier molecular flexibility index (Phi) is 3.16. The Balaban J connectivity index is 1.30. The van der Waals surface area contributed by atoms with Crippen molar-refractivity contribution in [1.82, 2.24) is 19.9 Å². The van der Waals surface area contributed by atoms with Gasteiger partial charge in [0.2, 0.25) is 6.79 Å². The molecule has 2 aliphatic rings. The van der Waals surface area contributed by atoms with Crippen LogP contribution in [0.4, 0.5) is 0 Å². The van der Waals surface area contributed by atoms with Gasteiger partial charge in [0.25, 0.3) is 0 Å². The van der Waals surface area contributed by atoms with Crippen LogP contribution in [0.15, 0.2) is 36.5 Å². The number of fused-ring (bicyclic) bond motifs is 2. The van der Waals surface area contributed by atoms with Crippen LogP contribution < -0.4 is 9.47 Å². The number of nitrogens with one attached hydrogen (secondary N) is 1. The third kappa shape index (κ3) is 2.39. The molecule has 122 valence electrons. The van der Waals surface area contributed by atoms with Crippen molar-refractivity contribution in [2.75, 3.05) is 19.9 Å². The summed E-state index contributed by atoms with van der Waals surface area (Å²) in [4.78, 5) is 14.8. The summed E-state index contributed by atoms with van der Waals surface area (Å²) in [5.41, 5.74) is 3.08. The summed E-state index contributed by atoms with van der Waals surface area (Å²) < 4.78 is 10.8. The number of imidazole rings is 1. The lowest BCUT2D eigenvalue weighted by atomic mass is 10.1. The van der Waals surface area contributed by atoms with Crippen LogP contribution in [-0.2, 0) is 6.54 Å². The largest absolute Gasteiger partial charge is 0.454 e. The number of aromatic nitrogens is 3. The highest BCUT2D eigenvalue weighted by atomic mass is 16.7. The average Bonchev–Trinajstić information content (AvgIpc) is 3.33. The Morgan fingerprint density at radius 3 is 3.12 bits per heavy atom. The van der Waals surface area contributed by atoms with Crippen LogP contribution in [0.25, 0.3) is 11.2 Å². The highest BCUT2D eigenvalue weighted by Crippen LogP contribution is 2.34. The molecule has 1 saturated heterocycles. The predicted octanol–water partition coefficient (Wildman–Crippen LogP) is 2.68. The zero-order chi connectivity index (χ0) is 15.9. The molecule has 0 amide bonds. The fourth-order valence-electron chi connectivity index (χ4n) is 3.55. The third-order valence-corrected chi connectivity index (χ3v) is 4.78. The molecule has 2 aliphatic heterocycles. The summed E-state index contributed by atoms with van der Waals surface area (Å²) in [6, 6.07) is 10.2. The minimum atomic E-state index is 0.324. The Morgan fingerprint density at radius 1 is 1.21 bits per heavy atom. The Morgan fingerprint density at radius 2 is 2.17 bits per heavy atom. The van der Waals surface area contributed by atoms with Crippen LogP contribution in [0.5, 0.6) is 11.5 Å². The van der Waals surface area contributed by atoms with Gasteiger partial charge in [-0.3, -0.25) is 4.90 Å². The van der Waals surface area contributed by atoms with Crippen molar-refractivity contribution in [3.05, 3.63) is 47.9 Å². The molecule has 1 atom stereocenters. The van der Waals surface area contributed by atoms with Gasteiger partial charge in [-0.05, 0) is 42.8 Å². The van der Waals surface area contributed by atoms with E-state index < -0.39 is 0 Å². The first kappa shape index (κ1) is 13.8. The molecule has 1 aromatic carbocycles. The molecule has 0 bridgehead atoms. The van der Waals surface area contributed by atoms with E-state index in [9.17, 15) is 0 Å². The molecule has 4 heterocycles. The standard InChI is InChI=1S/C18H18N4O2/c1-2-14-18(19-6-1)21-17(20-14)13-5-7-22(10-13)9-12-3-4-15-16(8-12)24-11-23-15/h1-4,6,8,13H,5,7,9-11H2,(H,19,20,21)/t13-/m0/s1. The van der Waals surface area contributed by atoms with Crippen molar-refractivity contribution >= 4 is 11.2 Å². The number of nitrogens with zero attached hydrogens (tertiary/aromatic N) is 3. The molecule has 6 nitrogen and oxygen atoms in total. The molecule has 1 N–H and O–H groups in total. The Hall–Kier alpha value is -2.60. The van der Waals surface area contributed by atoms with Gasteiger partial charge < -0.3 is 14.5 Å². The van der Waals surface area contributed by atoms with E-state index in [0.29, 0.717) is 12.7 Å². The molecule has 0 aliphatic carbocycles. The van der Waals surface area contributed by atoms with Gasteiger partial charge in [0.1, 0.15) is 5.82 Å². The SMILES string of the molecule is c1cnc2nc([C@H]3CCN(Cc4ccc5c(c4)OCO5)C3)[nH]c2c1. The van der Waals surface area contributed by atoms with E-state index in [0.717, 1.165) is 54.5 Å². The highest BCUT2D eigenvalue weighted by Gasteiger charge is 2.26. The summed E-state index contributed by atoms with van der Waals surface area (Å²) in [6.45, 7) is 3.33. The monoisotopic (exact) mass is 322 g/mol. The van der Waals surface area contributed by atoms with Crippen LogP contribution in [0, 0.1) is 0 Å².